The molecule has 0 spiro atoms. The van der Waals surface area contributed by atoms with E-state index in [0.717, 1.165) is 12.1 Å². The standard InChI is InChI=1S/C15H20N4/c1-19(2)14-8-6-12(7-9-14)15(18-16)11-13-5-3-4-10-17-13/h3-10,15,18H,11,16H2,1-2H3. The lowest BCUT2D eigenvalue weighted by atomic mass is 10.0. The fraction of sp³-hybridized carbons (Fsp3) is 0.267. The van der Waals surface area contributed by atoms with Crippen LogP contribution in [0.25, 0.3) is 0 Å². The molecule has 0 aliphatic carbocycles. The number of anilines is 1. The van der Waals surface area contributed by atoms with E-state index in [1.54, 1.807) is 6.20 Å². The first kappa shape index (κ1) is 13.5. The average Bonchev–Trinajstić information content (AvgIpc) is 2.46. The van der Waals surface area contributed by atoms with Gasteiger partial charge in [-0.3, -0.25) is 16.3 Å². The second kappa shape index (κ2) is 6.31. The fourth-order valence-corrected chi connectivity index (χ4v) is 2.01. The lowest BCUT2D eigenvalue weighted by Gasteiger charge is -2.18. The van der Waals surface area contributed by atoms with Gasteiger partial charge in [-0.25, -0.2) is 0 Å². The maximum atomic E-state index is 5.66. The van der Waals surface area contributed by atoms with Crippen LogP contribution in [0.4, 0.5) is 5.69 Å². The third-order valence-corrected chi connectivity index (χ3v) is 3.15. The molecule has 2 aromatic rings. The van der Waals surface area contributed by atoms with E-state index in [0.29, 0.717) is 0 Å². The van der Waals surface area contributed by atoms with E-state index in [-0.39, 0.29) is 6.04 Å². The van der Waals surface area contributed by atoms with Crippen LogP contribution in [0.2, 0.25) is 0 Å². The molecule has 1 heterocycles. The van der Waals surface area contributed by atoms with Crippen LogP contribution in [-0.4, -0.2) is 19.1 Å². The highest BCUT2D eigenvalue weighted by Crippen LogP contribution is 2.20. The zero-order valence-corrected chi connectivity index (χ0v) is 11.4. The minimum Gasteiger partial charge on any atom is -0.378 e. The quantitative estimate of drug-likeness (QED) is 0.633. The molecule has 1 unspecified atom stereocenters. The van der Waals surface area contributed by atoms with Crippen molar-refractivity contribution in [2.45, 2.75) is 12.5 Å². The van der Waals surface area contributed by atoms with Crippen LogP contribution in [0.15, 0.2) is 48.7 Å². The molecule has 0 saturated heterocycles. The maximum absolute atomic E-state index is 5.66. The molecule has 2 rings (SSSR count). The van der Waals surface area contributed by atoms with Crippen molar-refractivity contribution in [2.24, 2.45) is 5.84 Å². The van der Waals surface area contributed by atoms with E-state index in [4.69, 9.17) is 5.84 Å². The van der Waals surface area contributed by atoms with Gasteiger partial charge in [-0.15, -0.1) is 0 Å². The topological polar surface area (TPSA) is 54.2 Å². The van der Waals surface area contributed by atoms with Crippen LogP contribution in [-0.2, 0) is 6.42 Å². The fourth-order valence-electron chi connectivity index (χ4n) is 2.01. The number of aromatic nitrogens is 1. The summed E-state index contributed by atoms with van der Waals surface area (Å²) >= 11 is 0. The van der Waals surface area contributed by atoms with Crippen molar-refractivity contribution >= 4 is 5.69 Å². The monoisotopic (exact) mass is 256 g/mol. The Morgan fingerprint density at radius 2 is 1.89 bits per heavy atom. The van der Waals surface area contributed by atoms with Crippen LogP contribution < -0.4 is 16.2 Å². The lowest BCUT2D eigenvalue weighted by Crippen LogP contribution is -2.29. The van der Waals surface area contributed by atoms with Crippen molar-refractivity contribution in [3.63, 3.8) is 0 Å². The number of benzene rings is 1. The summed E-state index contributed by atoms with van der Waals surface area (Å²) in [5.74, 6) is 5.66. The molecule has 0 aliphatic rings. The van der Waals surface area contributed by atoms with Gasteiger partial charge < -0.3 is 4.90 Å². The first-order valence-electron chi connectivity index (χ1n) is 6.34. The van der Waals surface area contributed by atoms with E-state index < -0.39 is 0 Å². The highest BCUT2D eigenvalue weighted by atomic mass is 15.2. The van der Waals surface area contributed by atoms with Gasteiger partial charge in [-0.05, 0) is 29.8 Å². The molecule has 1 atom stereocenters. The van der Waals surface area contributed by atoms with Gasteiger partial charge in [0.25, 0.3) is 0 Å². The number of rotatable bonds is 5. The summed E-state index contributed by atoms with van der Waals surface area (Å²) in [5.41, 5.74) is 6.24. The summed E-state index contributed by atoms with van der Waals surface area (Å²) in [6, 6.07) is 14.4. The third-order valence-electron chi connectivity index (χ3n) is 3.15. The Morgan fingerprint density at radius 1 is 1.16 bits per heavy atom. The number of hydrazine groups is 1. The molecule has 0 amide bonds. The second-order valence-corrected chi connectivity index (χ2v) is 4.73. The minimum atomic E-state index is 0.0751. The van der Waals surface area contributed by atoms with Crippen LogP contribution >= 0.6 is 0 Å². The van der Waals surface area contributed by atoms with Gasteiger partial charge in [0, 0.05) is 38.1 Å². The summed E-state index contributed by atoms with van der Waals surface area (Å²) in [7, 11) is 4.06. The van der Waals surface area contributed by atoms with Gasteiger partial charge in [-0.1, -0.05) is 18.2 Å². The molecule has 0 bridgehead atoms. The molecule has 100 valence electrons. The number of nitrogens with one attached hydrogen (secondary N) is 1. The minimum absolute atomic E-state index is 0.0751. The Labute approximate surface area is 114 Å². The molecular weight excluding hydrogens is 236 g/mol. The van der Waals surface area contributed by atoms with Crippen LogP contribution in [0.5, 0.6) is 0 Å². The summed E-state index contributed by atoms with van der Waals surface area (Å²) in [6.07, 6.45) is 2.58. The Balaban J connectivity index is 2.13. The molecule has 1 aromatic heterocycles. The number of hydrogen-bond acceptors (Lipinski definition) is 4. The predicted octanol–water partition coefficient (Wildman–Crippen LogP) is 1.89. The largest absolute Gasteiger partial charge is 0.378 e. The van der Waals surface area contributed by atoms with Crippen LogP contribution in [0.3, 0.4) is 0 Å². The summed E-state index contributed by atoms with van der Waals surface area (Å²) in [5, 5.41) is 0. The van der Waals surface area contributed by atoms with Gasteiger partial charge in [0.15, 0.2) is 0 Å². The molecule has 4 nitrogen and oxygen atoms in total. The van der Waals surface area contributed by atoms with Gasteiger partial charge >= 0.3 is 0 Å². The van der Waals surface area contributed by atoms with Crippen molar-refractivity contribution in [1.82, 2.24) is 10.4 Å². The molecule has 19 heavy (non-hydrogen) atoms. The van der Waals surface area contributed by atoms with Crippen molar-refractivity contribution < 1.29 is 0 Å². The molecule has 0 radical (unpaired) electrons. The van der Waals surface area contributed by atoms with E-state index in [9.17, 15) is 0 Å². The Kier molecular flexibility index (Phi) is 4.49. The lowest BCUT2D eigenvalue weighted by molar-refractivity contribution is 0.546. The van der Waals surface area contributed by atoms with Gasteiger partial charge in [0.05, 0.1) is 6.04 Å². The smallest absolute Gasteiger partial charge is 0.0515 e. The molecule has 3 N–H and O–H groups in total. The normalized spacial score (nSPS) is 12.2. The molecule has 0 fully saturated rings. The maximum Gasteiger partial charge on any atom is 0.0515 e. The Morgan fingerprint density at radius 3 is 2.42 bits per heavy atom. The van der Waals surface area contributed by atoms with E-state index in [1.807, 2.05) is 32.3 Å². The van der Waals surface area contributed by atoms with Crippen molar-refractivity contribution in [3.8, 4) is 0 Å². The number of nitrogens with two attached hydrogens (primary N) is 1. The van der Waals surface area contributed by atoms with E-state index in [2.05, 4.69) is 39.6 Å². The zero-order valence-electron chi connectivity index (χ0n) is 11.4. The third kappa shape index (κ3) is 3.53. The second-order valence-electron chi connectivity index (χ2n) is 4.73. The Hall–Kier alpha value is -1.91. The zero-order chi connectivity index (χ0) is 13.7. The first-order valence-corrected chi connectivity index (χ1v) is 6.34. The summed E-state index contributed by atoms with van der Waals surface area (Å²) in [4.78, 5) is 6.41. The van der Waals surface area contributed by atoms with Gasteiger partial charge in [0.1, 0.15) is 0 Å². The predicted molar refractivity (Wildman–Crippen MR) is 78.8 cm³/mol. The molecule has 4 heteroatoms. The molecule has 1 aromatic carbocycles. The SMILES string of the molecule is CN(C)c1ccc(C(Cc2ccccn2)NN)cc1. The van der Waals surface area contributed by atoms with Gasteiger partial charge in [0.2, 0.25) is 0 Å². The van der Waals surface area contributed by atoms with Crippen LogP contribution in [0, 0.1) is 0 Å². The number of hydrogen-bond donors (Lipinski definition) is 2. The van der Waals surface area contributed by atoms with Gasteiger partial charge in [-0.2, -0.15) is 0 Å². The Bertz CT molecular complexity index is 493. The van der Waals surface area contributed by atoms with E-state index >= 15 is 0 Å². The summed E-state index contributed by atoms with van der Waals surface area (Å²) in [6.45, 7) is 0. The average molecular weight is 256 g/mol. The molecule has 0 saturated carbocycles. The van der Waals surface area contributed by atoms with Crippen molar-refractivity contribution in [3.05, 3.63) is 59.9 Å². The highest BCUT2D eigenvalue weighted by Gasteiger charge is 2.11. The summed E-state index contributed by atoms with van der Waals surface area (Å²) < 4.78 is 0. The molecule has 0 aliphatic heterocycles. The van der Waals surface area contributed by atoms with Crippen LogP contribution in [0.1, 0.15) is 17.3 Å². The van der Waals surface area contributed by atoms with Crippen molar-refractivity contribution in [1.29, 1.82) is 0 Å². The van der Waals surface area contributed by atoms with E-state index in [1.165, 1.54) is 11.3 Å². The number of pyridine rings is 1. The molecular formula is C15H20N4. The number of nitrogens with zero attached hydrogens (tertiary/aromatic N) is 2. The highest BCUT2D eigenvalue weighted by molar-refractivity contribution is 5.46. The van der Waals surface area contributed by atoms with Crippen molar-refractivity contribution in [2.75, 3.05) is 19.0 Å². The first-order chi connectivity index (χ1) is 9.20.